The molecule has 0 spiro atoms. The Morgan fingerprint density at radius 3 is 2.14 bits per heavy atom. The molecule has 10 heteroatoms. The Kier molecular flexibility index (Phi) is 8.86. The number of carbonyl (C=O) groups excluding carboxylic acids is 3. The van der Waals surface area contributed by atoms with Crippen LogP contribution in [0.3, 0.4) is 0 Å². The number of carbonyl (C=O) groups is 3. The largest absolute Gasteiger partial charge is 0.462 e. The molecule has 28 heavy (non-hydrogen) atoms. The summed E-state index contributed by atoms with van der Waals surface area (Å²) >= 11 is 0. The molecular formula is C18H18F3NO6. The van der Waals surface area contributed by atoms with Crippen LogP contribution in [0.5, 0.6) is 0 Å². The second-order valence-electron chi connectivity index (χ2n) is 5.40. The van der Waals surface area contributed by atoms with E-state index in [1.807, 2.05) is 0 Å². The Morgan fingerprint density at radius 1 is 1.00 bits per heavy atom. The van der Waals surface area contributed by atoms with Crippen molar-refractivity contribution in [1.29, 1.82) is 0 Å². The van der Waals surface area contributed by atoms with Crippen LogP contribution in [0.4, 0.5) is 13.2 Å². The fourth-order valence-electron chi connectivity index (χ4n) is 1.70. The molecule has 0 heterocycles. The molecule has 0 N–H and O–H groups in total. The van der Waals surface area contributed by atoms with Crippen LogP contribution in [0.2, 0.25) is 0 Å². The third-order valence-electron chi connectivity index (χ3n) is 3.02. The quantitative estimate of drug-likeness (QED) is 0.158. The fourth-order valence-corrected chi connectivity index (χ4v) is 1.70. The molecule has 0 saturated carbocycles. The Balaban J connectivity index is 2.44. The van der Waals surface area contributed by atoms with Crippen molar-refractivity contribution in [3.8, 4) is 0 Å². The lowest BCUT2D eigenvalue weighted by molar-refractivity contribution is -0.153. The Morgan fingerprint density at radius 2 is 1.57 bits per heavy atom. The Bertz CT molecular complexity index is 743. The van der Waals surface area contributed by atoms with Crippen molar-refractivity contribution < 1.29 is 41.9 Å². The van der Waals surface area contributed by atoms with Crippen LogP contribution in [0.15, 0.2) is 47.6 Å². The third-order valence-corrected chi connectivity index (χ3v) is 3.02. The molecule has 1 aromatic rings. The summed E-state index contributed by atoms with van der Waals surface area (Å²) in [5, 5.41) is 2.88. The molecule has 0 saturated heterocycles. The van der Waals surface area contributed by atoms with E-state index in [1.165, 1.54) is 25.1 Å². The molecule has 0 fully saturated rings. The molecule has 0 atom stereocenters. The van der Waals surface area contributed by atoms with Crippen LogP contribution in [0.25, 0.3) is 0 Å². The number of oxime groups is 1. The first kappa shape index (κ1) is 22.9. The molecule has 152 valence electrons. The van der Waals surface area contributed by atoms with E-state index in [0.29, 0.717) is 0 Å². The first-order valence-electron chi connectivity index (χ1n) is 8.00. The van der Waals surface area contributed by atoms with E-state index >= 15 is 0 Å². The van der Waals surface area contributed by atoms with Crippen molar-refractivity contribution in [2.75, 3.05) is 13.2 Å². The number of ether oxygens (including phenoxy) is 2. The highest BCUT2D eigenvalue weighted by atomic mass is 19.4. The van der Waals surface area contributed by atoms with Crippen molar-refractivity contribution in [2.45, 2.75) is 25.9 Å². The number of alkyl halides is 3. The number of hydrogen-bond acceptors (Lipinski definition) is 7. The highest BCUT2D eigenvalue weighted by molar-refractivity contribution is 6.04. The number of nitrogens with zero attached hydrogens (tertiary/aromatic N) is 1. The topological polar surface area (TPSA) is 91.3 Å². The predicted molar refractivity (Wildman–Crippen MR) is 91.1 cm³/mol. The average molecular weight is 401 g/mol. The van der Waals surface area contributed by atoms with Gasteiger partial charge in [-0.25, -0.2) is 9.59 Å². The van der Waals surface area contributed by atoms with Crippen molar-refractivity contribution in [2.24, 2.45) is 5.16 Å². The van der Waals surface area contributed by atoms with Gasteiger partial charge in [0.2, 0.25) is 0 Å². The second-order valence-corrected chi connectivity index (χ2v) is 5.40. The minimum atomic E-state index is -4.83. The molecule has 0 amide bonds. The summed E-state index contributed by atoms with van der Waals surface area (Å²) in [7, 11) is 0. The number of rotatable bonds is 9. The standard InChI is InChI=1S/C18H18F3NO6/c1-12(2)17(25)27-11-10-26-14(23)8-9-15(24)28-22-16(18(19,20)21)13-6-4-3-5-7-13/h3-7H,1,8-11H2,2H3/b22-16+. The SMILES string of the molecule is C=C(C)C(=O)OCCOC(=O)CCC(=O)O/N=C(\c1ccccc1)C(F)(F)F. The van der Waals surface area contributed by atoms with E-state index in [2.05, 4.69) is 21.3 Å². The average Bonchev–Trinajstić information content (AvgIpc) is 2.63. The number of benzene rings is 1. The molecule has 0 unspecified atom stereocenters. The molecule has 1 rings (SSSR count). The maximum Gasteiger partial charge on any atom is 0.437 e. The Hall–Kier alpha value is -3.17. The van der Waals surface area contributed by atoms with Gasteiger partial charge in [0.15, 0.2) is 5.71 Å². The normalized spacial score (nSPS) is 11.5. The van der Waals surface area contributed by atoms with Crippen molar-refractivity contribution in [1.82, 2.24) is 0 Å². The van der Waals surface area contributed by atoms with Gasteiger partial charge in [0.05, 0.1) is 12.8 Å². The van der Waals surface area contributed by atoms with Crippen molar-refractivity contribution in [3.05, 3.63) is 48.0 Å². The summed E-state index contributed by atoms with van der Waals surface area (Å²) in [6.45, 7) is 4.38. The molecule has 0 radical (unpaired) electrons. The Labute approximate surface area is 158 Å². The summed E-state index contributed by atoms with van der Waals surface area (Å²) < 4.78 is 48.4. The van der Waals surface area contributed by atoms with Crippen LogP contribution < -0.4 is 0 Å². The highest BCUT2D eigenvalue weighted by Crippen LogP contribution is 2.22. The van der Waals surface area contributed by atoms with Gasteiger partial charge in [-0.1, -0.05) is 42.1 Å². The molecule has 0 aliphatic rings. The van der Waals surface area contributed by atoms with E-state index in [0.717, 1.165) is 12.1 Å². The molecular weight excluding hydrogens is 383 g/mol. The maximum absolute atomic E-state index is 13.0. The summed E-state index contributed by atoms with van der Waals surface area (Å²) in [5.41, 5.74) is -1.46. The zero-order chi connectivity index (χ0) is 21.2. The van der Waals surface area contributed by atoms with E-state index in [9.17, 15) is 27.6 Å². The van der Waals surface area contributed by atoms with Crippen LogP contribution in [-0.4, -0.2) is 43.0 Å². The van der Waals surface area contributed by atoms with E-state index in [-0.39, 0.29) is 24.4 Å². The van der Waals surface area contributed by atoms with Crippen LogP contribution >= 0.6 is 0 Å². The van der Waals surface area contributed by atoms with Crippen molar-refractivity contribution >= 4 is 23.6 Å². The summed E-state index contributed by atoms with van der Waals surface area (Å²) in [5.74, 6) is -2.59. The zero-order valence-electron chi connectivity index (χ0n) is 15.0. The number of hydrogen-bond donors (Lipinski definition) is 0. The van der Waals surface area contributed by atoms with Gasteiger partial charge in [0.1, 0.15) is 13.2 Å². The summed E-state index contributed by atoms with van der Waals surface area (Å²) in [6, 6.07) is 6.61. The summed E-state index contributed by atoms with van der Waals surface area (Å²) in [4.78, 5) is 38.3. The van der Waals surface area contributed by atoms with Gasteiger partial charge >= 0.3 is 24.1 Å². The van der Waals surface area contributed by atoms with Gasteiger partial charge < -0.3 is 14.3 Å². The van der Waals surface area contributed by atoms with Crippen LogP contribution in [-0.2, 0) is 28.7 Å². The minimum absolute atomic E-state index is 0.184. The van der Waals surface area contributed by atoms with E-state index in [4.69, 9.17) is 4.74 Å². The smallest absolute Gasteiger partial charge is 0.437 e. The predicted octanol–water partition coefficient (Wildman–Crippen LogP) is 2.94. The lowest BCUT2D eigenvalue weighted by Crippen LogP contribution is -2.25. The zero-order valence-corrected chi connectivity index (χ0v) is 15.0. The van der Waals surface area contributed by atoms with Gasteiger partial charge in [-0.2, -0.15) is 13.2 Å². The van der Waals surface area contributed by atoms with Gasteiger partial charge in [-0.3, -0.25) is 4.79 Å². The molecule has 0 aliphatic carbocycles. The van der Waals surface area contributed by atoms with Gasteiger partial charge in [-0.15, -0.1) is 0 Å². The first-order chi connectivity index (χ1) is 13.1. The van der Waals surface area contributed by atoms with Crippen LogP contribution in [0.1, 0.15) is 25.3 Å². The van der Waals surface area contributed by atoms with E-state index < -0.39 is 42.6 Å². The second kappa shape index (κ2) is 10.9. The van der Waals surface area contributed by atoms with Gasteiger partial charge in [-0.05, 0) is 6.92 Å². The monoisotopic (exact) mass is 401 g/mol. The first-order valence-corrected chi connectivity index (χ1v) is 8.00. The fraction of sp³-hybridized carbons (Fsp3) is 0.333. The molecule has 1 aromatic carbocycles. The maximum atomic E-state index is 13.0. The molecule has 0 aromatic heterocycles. The highest BCUT2D eigenvalue weighted by Gasteiger charge is 2.38. The van der Waals surface area contributed by atoms with Crippen molar-refractivity contribution in [3.63, 3.8) is 0 Å². The minimum Gasteiger partial charge on any atom is -0.462 e. The van der Waals surface area contributed by atoms with Gasteiger partial charge in [0.25, 0.3) is 0 Å². The van der Waals surface area contributed by atoms with E-state index in [1.54, 1.807) is 0 Å². The lowest BCUT2D eigenvalue weighted by Gasteiger charge is -2.09. The number of halogens is 3. The van der Waals surface area contributed by atoms with Crippen LogP contribution in [0, 0.1) is 0 Å². The summed E-state index contributed by atoms with van der Waals surface area (Å²) in [6.07, 6.45) is -5.80. The lowest BCUT2D eigenvalue weighted by atomic mass is 10.1. The number of esters is 2. The molecule has 0 aliphatic heterocycles. The molecule has 0 bridgehead atoms. The third kappa shape index (κ3) is 8.47. The van der Waals surface area contributed by atoms with Gasteiger partial charge in [0, 0.05) is 11.1 Å². The molecule has 7 nitrogen and oxygen atoms in total.